The van der Waals surface area contributed by atoms with E-state index in [4.69, 9.17) is 14.9 Å². The lowest BCUT2D eigenvalue weighted by atomic mass is 10.2. The van der Waals surface area contributed by atoms with E-state index >= 15 is 0 Å². The Morgan fingerprint density at radius 1 is 1.54 bits per heavy atom. The summed E-state index contributed by atoms with van der Waals surface area (Å²) in [6.45, 7) is 6.06. The monoisotopic (exact) mass is 185 g/mol. The number of nitrogens with zero attached hydrogens (tertiary/aromatic N) is 2. The van der Waals surface area contributed by atoms with Crippen LogP contribution in [0.15, 0.2) is 4.42 Å². The minimum absolute atomic E-state index is 0.153. The summed E-state index contributed by atoms with van der Waals surface area (Å²) in [6, 6.07) is -0.153. The minimum atomic E-state index is -0.300. The molecule has 1 aromatic rings. The van der Waals surface area contributed by atoms with Crippen LogP contribution in [0.2, 0.25) is 0 Å². The molecule has 5 heteroatoms. The van der Waals surface area contributed by atoms with Crippen molar-refractivity contribution in [2.75, 3.05) is 6.61 Å². The zero-order valence-corrected chi connectivity index (χ0v) is 8.15. The van der Waals surface area contributed by atoms with E-state index in [0.29, 0.717) is 18.4 Å². The van der Waals surface area contributed by atoms with Crippen molar-refractivity contribution in [2.24, 2.45) is 5.73 Å². The van der Waals surface area contributed by atoms with Gasteiger partial charge in [0.05, 0.1) is 0 Å². The second-order valence-electron chi connectivity index (χ2n) is 2.89. The van der Waals surface area contributed by atoms with Gasteiger partial charge in [-0.25, -0.2) is 0 Å². The predicted octanol–water partition coefficient (Wildman–Crippen LogP) is 0.803. The van der Waals surface area contributed by atoms with Crippen LogP contribution in [-0.4, -0.2) is 22.8 Å². The Balaban J connectivity index is 2.75. The molecule has 2 unspecified atom stereocenters. The molecule has 0 fully saturated rings. The molecule has 2 N–H and O–H groups in total. The normalized spacial score (nSPS) is 15.7. The van der Waals surface area contributed by atoms with E-state index in [-0.39, 0.29) is 12.1 Å². The maximum absolute atomic E-state index is 5.71. The number of aromatic nitrogens is 2. The third kappa shape index (κ3) is 2.50. The van der Waals surface area contributed by atoms with Crippen molar-refractivity contribution in [3.05, 3.63) is 11.8 Å². The largest absolute Gasteiger partial charge is 0.423 e. The molecule has 0 spiro atoms. The highest BCUT2D eigenvalue weighted by Gasteiger charge is 2.21. The molecule has 1 rings (SSSR count). The second kappa shape index (κ2) is 4.34. The molecule has 0 radical (unpaired) electrons. The van der Waals surface area contributed by atoms with Crippen LogP contribution in [0.1, 0.15) is 31.7 Å². The summed E-state index contributed by atoms with van der Waals surface area (Å²) in [5.41, 5.74) is 5.71. The summed E-state index contributed by atoms with van der Waals surface area (Å²) in [4.78, 5) is 0. The van der Waals surface area contributed by atoms with Gasteiger partial charge in [-0.3, -0.25) is 0 Å². The molecular formula is C8H15N3O2. The average molecular weight is 185 g/mol. The van der Waals surface area contributed by atoms with Gasteiger partial charge in [0.15, 0.2) is 0 Å². The van der Waals surface area contributed by atoms with Gasteiger partial charge in [-0.2, -0.15) is 0 Å². The van der Waals surface area contributed by atoms with Crippen LogP contribution in [0.25, 0.3) is 0 Å². The van der Waals surface area contributed by atoms with E-state index in [2.05, 4.69) is 10.2 Å². The molecule has 5 nitrogen and oxygen atoms in total. The molecule has 0 bridgehead atoms. The maximum atomic E-state index is 5.71. The van der Waals surface area contributed by atoms with Gasteiger partial charge in [0.25, 0.3) is 0 Å². The molecule has 0 saturated heterocycles. The van der Waals surface area contributed by atoms with Gasteiger partial charge in [0.1, 0.15) is 6.10 Å². The Bertz CT molecular complexity index is 260. The molecular weight excluding hydrogens is 170 g/mol. The molecule has 74 valence electrons. The van der Waals surface area contributed by atoms with Gasteiger partial charge < -0.3 is 14.9 Å². The van der Waals surface area contributed by atoms with Crippen LogP contribution >= 0.6 is 0 Å². The van der Waals surface area contributed by atoms with Gasteiger partial charge in [-0.05, 0) is 13.8 Å². The highest BCUT2D eigenvalue weighted by Crippen LogP contribution is 2.18. The summed E-state index contributed by atoms with van der Waals surface area (Å²) in [5.74, 6) is 0.981. The van der Waals surface area contributed by atoms with Crippen molar-refractivity contribution in [1.29, 1.82) is 0 Å². The first-order valence-corrected chi connectivity index (χ1v) is 4.32. The van der Waals surface area contributed by atoms with E-state index in [9.17, 15) is 0 Å². The Labute approximate surface area is 77.3 Å². The summed E-state index contributed by atoms with van der Waals surface area (Å²) in [5, 5.41) is 7.58. The highest BCUT2D eigenvalue weighted by atomic mass is 16.5. The lowest BCUT2D eigenvalue weighted by Crippen LogP contribution is -2.27. The van der Waals surface area contributed by atoms with Crippen LogP contribution in [0.5, 0.6) is 0 Å². The Kier molecular flexibility index (Phi) is 3.39. The van der Waals surface area contributed by atoms with Crippen molar-refractivity contribution in [3.8, 4) is 0 Å². The van der Waals surface area contributed by atoms with Crippen LogP contribution in [0.3, 0.4) is 0 Å². The van der Waals surface area contributed by atoms with Gasteiger partial charge in [0.2, 0.25) is 11.8 Å². The van der Waals surface area contributed by atoms with Gasteiger partial charge in [0, 0.05) is 19.6 Å². The summed E-state index contributed by atoms with van der Waals surface area (Å²) in [7, 11) is 0. The number of nitrogens with two attached hydrogens (primary N) is 1. The first-order valence-electron chi connectivity index (χ1n) is 4.32. The lowest BCUT2D eigenvalue weighted by molar-refractivity contribution is 0.0278. The lowest BCUT2D eigenvalue weighted by Gasteiger charge is -2.16. The number of aryl methyl sites for hydroxylation is 1. The molecule has 0 saturated carbocycles. The molecule has 0 aliphatic carbocycles. The van der Waals surface area contributed by atoms with E-state index in [1.807, 2.05) is 13.8 Å². The molecule has 0 aromatic carbocycles. The van der Waals surface area contributed by atoms with Crippen molar-refractivity contribution in [3.63, 3.8) is 0 Å². The van der Waals surface area contributed by atoms with Crippen molar-refractivity contribution in [2.45, 2.75) is 32.9 Å². The number of ether oxygens (including phenoxy) is 1. The fourth-order valence-electron chi connectivity index (χ4n) is 1.05. The van der Waals surface area contributed by atoms with E-state index < -0.39 is 0 Å². The second-order valence-corrected chi connectivity index (χ2v) is 2.89. The standard InChI is InChI=1S/C8H15N3O2/c1-4-12-7(5(2)9)8-11-10-6(3)13-8/h5,7H,4,9H2,1-3H3. The third-order valence-electron chi connectivity index (χ3n) is 1.61. The first-order chi connectivity index (χ1) is 6.15. The minimum Gasteiger partial charge on any atom is -0.423 e. The topological polar surface area (TPSA) is 74.2 Å². The molecule has 1 heterocycles. The fraction of sp³-hybridized carbons (Fsp3) is 0.750. The first kappa shape index (κ1) is 10.1. The fourth-order valence-corrected chi connectivity index (χ4v) is 1.05. The third-order valence-corrected chi connectivity index (χ3v) is 1.61. The van der Waals surface area contributed by atoms with Crippen LogP contribution < -0.4 is 5.73 Å². The van der Waals surface area contributed by atoms with E-state index in [1.165, 1.54) is 0 Å². The number of hydrogen-bond acceptors (Lipinski definition) is 5. The van der Waals surface area contributed by atoms with E-state index in [0.717, 1.165) is 0 Å². The van der Waals surface area contributed by atoms with Crippen molar-refractivity contribution in [1.82, 2.24) is 10.2 Å². The molecule has 0 amide bonds. The molecule has 13 heavy (non-hydrogen) atoms. The zero-order chi connectivity index (χ0) is 9.84. The van der Waals surface area contributed by atoms with Crippen LogP contribution in [0.4, 0.5) is 0 Å². The molecule has 0 aliphatic heterocycles. The highest BCUT2D eigenvalue weighted by molar-refractivity contribution is 4.89. The van der Waals surface area contributed by atoms with E-state index in [1.54, 1.807) is 6.92 Å². The van der Waals surface area contributed by atoms with Crippen LogP contribution in [-0.2, 0) is 4.74 Å². The number of rotatable bonds is 4. The summed E-state index contributed by atoms with van der Waals surface area (Å²) >= 11 is 0. The molecule has 0 aliphatic rings. The van der Waals surface area contributed by atoms with Gasteiger partial charge in [-0.1, -0.05) is 0 Å². The SMILES string of the molecule is CCOC(c1nnc(C)o1)C(C)N. The quantitative estimate of drug-likeness (QED) is 0.751. The maximum Gasteiger partial charge on any atom is 0.246 e. The van der Waals surface area contributed by atoms with Crippen molar-refractivity contribution < 1.29 is 9.15 Å². The van der Waals surface area contributed by atoms with Crippen LogP contribution in [0, 0.1) is 6.92 Å². The van der Waals surface area contributed by atoms with Gasteiger partial charge >= 0.3 is 0 Å². The predicted molar refractivity (Wildman–Crippen MR) is 47.1 cm³/mol. The Morgan fingerprint density at radius 3 is 2.62 bits per heavy atom. The Hall–Kier alpha value is -0.940. The average Bonchev–Trinajstić information content (AvgIpc) is 2.46. The van der Waals surface area contributed by atoms with Gasteiger partial charge in [-0.15, -0.1) is 10.2 Å². The molecule has 2 atom stereocenters. The van der Waals surface area contributed by atoms with Crippen molar-refractivity contribution >= 4 is 0 Å². The smallest absolute Gasteiger partial charge is 0.246 e. The molecule has 1 aromatic heterocycles. The summed E-state index contributed by atoms with van der Waals surface area (Å²) < 4.78 is 10.6. The summed E-state index contributed by atoms with van der Waals surface area (Å²) in [6.07, 6.45) is -0.300. The number of hydrogen-bond donors (Lipinski definition) is 1. The Morgan fingerprint density at radius 2 is 2.23 bits per heavy atom. The zero-order valence-electron chi connectivity index (χ0n) is 8.15.